The van der Waals surface area contributed by atoms with Crippen molar-refractivity contribution in [2.24, 2.45) is 5.41 Å². The lowest BCUT2D eigenvalue weighted by molar-refractivity contribution is -0.139. The number of hydrogen-bond donors (Lipinski definition) is 1. The number of halogens is 1. The summed E-state index contributed by atoms with van der Waals surface area (Å²) in [6.45, 7) is 4.67. The van der Waals surface area contributed by atoms with Gasteiger partial charge in [0.05, 0.1) is 17.5 Å². The number of aromatic nitrogens is 2. The van der Waals surface area contributed by atoms with Gasteiger partial charge in [-0.15, -0.1) is 0 Å². The van der Waals surface area contributed by atoms with E-state index in [1.807, 2.05) is 44.2 Å². The normalized spacial score (nSPS) is 11.8. The summed E-state index contributed by atoms with van der Waals surface area (Å²) in [6.07, 6.45) is 0.735. The van der Waals surface area contributed by atoms with Crippen molar-refractivity contribution in [1.82, 2.24) is 9.55 Å². The van der Waals surface area contributed by atoms with Crippen LogP contribution in [0.25, 0.3) is 11.0 Å². The fourth-order valence-electron chi connectivity index (χ4n) is 3.11. The van der Waals surface area contributed by atoms with Crippen molar-refractivity contribution >= 4 is 32.9 Å². The first-order valence-electron chi connectivity index (χ1n) is 8.24. The van der Waals surface area contributed by atoms with Crippen molar-refractivity contribution in [3.8, 4) is 0 Å². The largest absolute Gasteiger partial charge is 0.481 e. The summed E-state index contributed by atoms with van der Waals surface area (Å²) in [5.74, 6) is 0.149. The third-order valence-electron chi connectivity index (χ3n) is 4.25. The van der Waals surface area contributed by atoms with E-state index in [2.05, 4.69) is 38.7 Å². The zero-order valence-electron chi connectivity index (χ0n) is 14.4. The van der Waals surface area contributed by atoms with Gasteiger partial charge in [-0.2, -0.15) is 0 Å². The van der Waals surface area contributed by atoms with Crippen LogP contribution in [0.2, 0.25) is 0 Å². The van der Waals surface area contributed by atoms with E-state index in [0.29, 0.717) is 13.0 Å². The molecule has 5 heteroatoms. The van der Waals surface area contributed by atoms with E-state index in [1.165, 1.54) is 5.56 Å². The van der Waals surface area contributed by atoms with Crippen LogP contribution in [0.3, 0.4) is 0 Å². The molecule has 4 nitrogen and oxygen atoms in total. The van der Waals surface area contributed by atoms with Crippen LogP contribution in [-0.2, 0) is 17.8 Å². The summed E-state index contributed by atoms with van der Waals surface area (Å²) in [5.41, 5.74) is 2.85. The predicted molar refractivity (Wildman–Crippen MR) is 103 cm³/mol. The van der Waals surface area contributed by atoms with Gasteiger partial charge in [-0.1, -0.05) is 54.0 Å². The number of imidazole rings is 1. The molecule has 0 saturated carbocycles. The Morgan fingerprint density at radius 1 is 1.16 bits per heavy atom. The summed E-state index contributed by atoms with van der Waals surface area (Å²) in [4.78, 5) is 15.9. The lowest BCUT2D eigenvalue weighted by Gasteiger charge is -2.22. The molecule has 0 bridgehead atoms. The van der Waals surface area contributed by atoms with E-state index in [-0.39, 0.29) is 11.8 Å². The molecule has 0 aliphatic heterocycles. The van der Waals surface area contributed by atoms with Gasteiger partial charge >= 0.3 is 5.97 Å². The Bertz CT molecular complexity index is 898. The quantitative estimate of drug-likeness (QED) is 0.640. The highest BCUT2D eigenvalue weighted by molar-refractivity contribution is 9.10. The number of fused-ring (bicyclic) bond motifs is 1. The number of benzene rings is 2. The zero-order valence-corrected chi connectivity index (χ0v) is 16.0. The second-order valence-corrected chi connectivity index (χ2v) is 8.06. The molecule has 0 aliphatic rings. The van der Waals surface area contributed by atoms with Gasteiger partial charge in [-0.05, 0) is 35.2 Å². The fourth-order valence-corrected chi connectivity index (χ4v) is 3.37. The molecule has 1 aromatic heterocycles. The highest BCUT2D eigenvalue weighted by atomic mass is 79.9. The molecule has 3 rings (SSSR count). The van der Waals surface area contributed by atoms with Crippen LogP contribution >= 0.6 is 15.9 Å². The van der Waals surface area contributed by atoms with Crippen LogP contribution in [0.1, 0.15) is 31.7 Å². The molecule has 0 unspecified atom stereocenters. The first kappa shape index (κ1) is 17.7. The number of carboxylic acids is 1. The second-order valence-electron chi connectivity index (χ2n) is 7.14. The zero-order chi connectivity index (χ0) is 18.0. The topological polar surface area (TPSA) is 55.1 Å². The first-order chi connectivity index (χ1) is 11.8. The van der Waals surface area contributed by atoms with E-state index in [9.17, 15) is 4.79 Å². The number of para-hydroxylation sites is 2. The molecular formula is C20H21BrN2O2. The number of carbonyl (C=O) groups is 1. The summed E-state index contributed by atoms with van der Waals surface area (Å²) < 4.78 is 3.25. The van der Waals surface area contributed by atoms with Crippen LogP contribution in [-0.4, -0.2) is 20.6 Å². The molecule has 25 heavy (non-hydrogen) atoms. The SMILES string of the molecule is CC(C)(CC(=O)O)Cc1nc2ccccc2n1Cc1ccc(Br)cc1. The molecule has 0 amide bonds. The fraction of sp³-hybridized carbons (Fsp3) is 0.300. The van der Waals surface area contributed by atoms with E-state index in [4.69, 9.17) is 10.1 Å². The maximum Gasteiger partial charge on any atom is 0.303 e. The molecule has 0 spiro atoms. The Morgan fingerprint density at radius 2 is 1.84 bits per heavy atom. The van der Waals surface area contributed by atoms with E-state index in [1.54, 1.807) is 0 Å². The third kappa shape index (κ3) is 4.28. The van der Waals surface area contributed by atoms with Crippen molar-refractivity contribution in [2.75, 3.05) is 0 Å². The molecule has 0 fully saturated rings. The number of nitrogens with zero attached hydrogens (tertiary/aromatic N) is 2. The van der Waals surface area contributed by atoms with Crippen LogP contribution in [0.15, 0.2) is 53.0 Å². The van der Waals surface area contributed by atoms with Gasteiger partial charge in [0, 0.05) is 17.4 Å². The molecule has 0 atom stereocenters. The Kier molecular flexibility index (Phi) is 4.95. The maximum atomic E-state index is 11.2. The van der Waals surface area contributed by atoms with Gasteiger partial charge in [0.2, 0.25) is 0 Å². The van der Waals surface area contributed by atoms with Gasteiger partial charge in [0.25, 0.3) is 0 Å². The van der Waals surface area contributed by atoms with Crippen LogP contribution in [0.5, 0.6) is 0 Å². The van der Waals surface area contributed by atoms with Crippen molar-refractivity contribution in [1.29, 1.82) is 0 Å². The molecule has 1 N–H and O–H groups in total. The smallest absolute Gasteiger partial charge is 0.303 e. The molecular weight excluding hydrogens is 380 g/mol. The van der Waals surface area contributed by atoms with Gasteiger partial charge in [-0.25, -0.2) is 4.98 Å². The number of rotatable bonds is 6. The Labute approximate surface area is 155 Å². The average molecular weight is 401 g/mol. The number of aliphatic carboxylic acids is 1. The summed E-state index contributed by atoms with van der Waals surface area (Å²) >= 11 is 3.47. The standard InChI is InChI=1S/C20H21BrN2O2/c1-20(2,12-19(24)25)11-18-22-16-5-3-4-6-17(16)23(18)13-14-7-9-15(21)10-8-14/h3-10H,11-13H2,1-2H3,(H,24,25). The van der Waals surface area contributed by atoms with Crippen LogP contribution < -0.4 is 0 Å². The minimum Gasteiger partial charge on any atom is -0.481 e. The average Bonchev–Trinajstić information content (AvgIpc) is 2.85. The summed E-state index contributed by atoms with van der Waals surface area (Å²) in [7, 11) is 0. The Balaban J connectivity index is 1.99. The third-order valence-corrected chi connectivity index (χ3v) is 4.78. The van der Waals surface area contributed by atoms with E-state index < -0.39 is 5.97 Å². The molecule has 0 radical (unpaired) electrons. The summed E-state index contributed by atoms with van der Waals surface area (Å²) in [5, 5.41) is 9.17. The highest BCUT2D eigenvalue weighted by Crippen LogP contribution is 2.28. The Morgan fingerprint density at radius 3 is 2.52 bits per heavy atom. The first-order valence-corrected chi connectivity index (χ1v) is 9.04. The minimum atomic E-state index is -0.777. The second kappa shape index (κ2) is 7.00. The lowest BCUT2D eigenvalue weighted by atomic mass is 9.85. The minimum absolute atomic E-state index is 0.120. The molecule has 0 aliphatic carbocycles. The monoisotopic (exact) mass is 400 g/mol. The molecule has 1 heterocycles. The van der Waals surface area contributed by atoms with Crippen LogP contribution in [0.4, 0.5) is 0 Å². The van der Waals surface area contributed by atoms with Gasteiger partial charge in [0.15, 0.2) is 0 Å². The molecule has 130 valence electrons. The maximum absolute atomic E-state index is 11.2. The van der Waals surface area contributed by atoms with Crippen LogP contribution in [0, 0.1) is 5.41 Å². The van der Waals surface area contributed by atoms with Crippen molar-refractivity contribution in [3.63, 3.8) is 0 Å². The highest BCUT2D eigenvalue weighted by Gasteiger charge is 2.25. The molecule has 3 aromatic rings. The van der Waals surface area contributed by atoms with Crippen molar-refractivity contribution in [2.45, 2.75) is 33.2 Å². The Hall–Kier alpha value is -2.14. The van der Waals surface area contributed by atoms with Gasteiger partial charge in [-0.3, -0.25) is 4.79 Å². The van der Waals surface area contributed by atoms with Gasteiger partial charge < -0.3 is 9.67 Å². The van der Waals surface area contributed by atoms with Crippen molar-refractivity contribution in [3.05, 3.63) is 64.4 Å². The van der Waals surface area contributed by atoms with E-state index >= 15 is 0 Å². The molecule has 0 saturated heterocycles. The molecule has 2 aromatic carbocycles. The number of carboxylic acid groups (broad SMARTS) is 1. The van der Waals surface area contributed by atoms with Gasteiger partial charge in [0.1, 0.15) is 5.82 Å². The number of hydrogen-bond acceptors (Lipinski definition) is 2. The summed E-state index contributed by atoms with van der Waals surface area (Å²) in [6, 6.07) is 16.3. The van der Waals surface area contributed by atoms with E-state index in [0.717, 1.165) is 21.3 Å². The lowest BCUT2D eigenvalue weighted by Crippen LogP contribution is -2.22. The van der Waals surface area contributed by atoms with Crippen molar-refractivity contribution < 1.29 is 9.90 Å². The predicted octanol–water partition coefficient (Wildman–Crippen LogP) is 4.89.